The fourth-order valence-corrected chi connectivity index (χ4v) is 3.92. The molecule has 2 aromatic rings. The van der Waals surface area contributed by atoms with Crippen molar-refractivity contribution in [1.29, 1.82) is 0 Å². The number of phenolic OH excluding ortho intramolecular Hbond substituents is 1. The molecule has 0 radical (unpaired) electrons. The number of carbonyl (C=O) groups is 1. The Morgan fingerprint density at radius 2 is 2.13 bits per heavy atom. The highest BCUT2D eigenvalue weighted by Gasteiger charge is 2.25. The van der Waals surface area contributed by atoms with Crippen LogP contribution < -0.4 is 5.32 Å². The monoisotopic (exact) mass is 330 g/mol. The summed E-state index contributed by atoms with van der Waals surface area (Å²) in [5.74, 6) is -0.181. The number of hydrogen-bond acceptors (Lipinski definition) is 4. The minimum atomic E-state index is -0.219. The van der Waals surface area contributed by atoms with Gasteiger partial charge < -0.3 is 10.4 Å². The number of likely N-dealkylation sites (tertiary alicyclic amines) is 1. The van der Waals surface area contributed by atoms with Crippen molar-refractivity contribution in [3.05, 3.63) is 51.7 Å². The van der Waals surface area contributed by atoms with Gasteiger partial charge in [0, 0.05) is 11.4 Å². The van der Waals surface area contributed by atoms with Crippen molar-refractivity contribution >= 4 is 17.2 Å². The van der Waals surface area contributed by atoms with Gasteiger partial charge >= 0.3 is 0 Å². The Balaban J connectivity index is 1.69. The highest BCUT2D eigenvalue weighted by atomic mass is 32.1. The molecule has 0 bridgehead atoms. The van der Waals surface area contributed by atoms with Gasteiger partial charge in [0.25, 0.3) is 5.91 Å². The van der Waals surface area contributed by atoms with Crippen LogP contribution in [0.15, 0.2) is 35.7 Å². The van der Waals surface area contributed by atoms with Crippen LogP contribution in [0, 0.1) is 6.92 Å². The van der Waals surface area contributed by atoms with E-state index in [0.29, 0.717) is 12.1 Å². The first kappa shape index (κ1) is 16.0. The van der Waals surface area contributed by atoms with Crippen LogP contribution in [0.4, 0.5) is 0 Å². The van der Waals surface area contributed by atoms with Crippen molar-refractivity contribution in [2.24, 2.45) is 0 Å². The van der Waals surface area contributed by atoms with E-state index in [-0.39, 0.29) is 17.7 Å². The maximum Gasteiger partial charge on any atom is 0.255 e. The predicted molar refractivity (Wildman–Crippen MR) is 93.0 cm³/mol. The maximum atomic E-state index is 12.4. The Bertz CT molecular complexity index is 664. The normalized spacial score (nSPS) is 16.4. The lowest BCUT2D eigenvalue weighted by atomic mass is 10.1. The molecule has 1 amide bonds. The summed E-state index contributed by atoms with van der Waals surface area (Å²) in [6.07, 6.45) is 2.43. The molecule has 1 aliphatic heterocycles. The smallest absolute Gasteiger partial charge is 0.255 e. The maximum absolute atomic E-state index is 12.4. The second-order valence-electron chi connectivity index (χ2n) is 6.00. The minimum Gasteiger partial charge on any atom is -0.507 e. The van der Waals surface area contributed by atoms with Gasteiger partial charge in [-0.05, 0) is 62.0 Å². The summed E-state index contributed by atoms with van der Waals surface area (Å²) in [6.45, 7) is 4.61. The summed E-state index contributed by atoms with van der Waals surface area (Å²) < 4.78 is 0. The third kappa shape index (κ3) is 3.74. The minimum absolute atomic E-state index is 0.0383. The molecule has 1 saturated heterocycles. The molecular weight excluding hydrogens is 308 g/mol. The third-order valence-electron chi connectivity index (χ3n) is 4.31. The summed E-state index contributed by atoms with van der Waals surface area (Å²) in [5.41, 5.74) is 1.27. The lowest BCUT2D eigenvalue weighted by Gasteiger charge is -2.27. The molecule has 5 heteroatoms. The van der Waals surface area contributed by atoms with E-state index in [1.807, 2.05) is 13.0 Å². The van der Waals surface area contributed by atoms with Crippen LogP contribution >= 0.6 is 11.3 Å². The number of benzene rings is 1. The first-order chi connectivity index (χ1) is 11.1. The molecule has 2 heterocycles. The van der Waals surface area contributed by atoms with Crippen LogP contribution in [-0.4, -0.2) is 35.5 Å². The summed E-state index contributed by atoms with van der Waals surface area (Å²) in [4.78, 5) is 16.1. The molecule has 1 aliphatic rings. The molecule has 1 fully saturated rings. The first-order valence-corrected chi connectivity index (χ1v) is 8.88. The van der Waals surface area contributed by atoms with Crippen LogP contribution in [0.5, 0.6) is 5.75 Å². The van der Waals surface area contributed by atoms with E-state index < -0.39 is 0 Å². The Kier molecular flexibility index (Phi) is 4.98. The van der Waals surface area contributed by atoms with Gasteiger partial charge in [-0.1, -0.05) is 12.1 Å². The largest absolute Gasteiger partial charge is 0.507 e. The molecule has 0 aliphatic carbocycles. The van der Waals surface area contributed by atoms with E-state index in [4.69, 9.17) is 0 Å². The molecule has 4 nitrogen and oxygen atoms in total. The van der Waals surface area contributed by atoms with Crippen molar-refractivity contribution in [2.45, 2.75) is 25.8 Å². The first-order valence-electron chi connectivity index (χ1n) is 8.00. The molecular formula is C18H22N2O2S. The molecule has 3 rings (SSSR count). The fourth-order valence-electron chi connectivity index (χ4n) is 3.06. The Labute approximate surface area is 140 Å². The number of rotatable bonds is 5. The average Bonchev–Trinajstić information content (AvgIpc) is 3.21. The zero-order chi connectivity index (χ0) is 16.2. The quantitative estimate of drug-likeness (QED) is 0.884. The van der Waals surface area contributed by atoms with Gasteiger partial charge in [-0.3, -0.25) is 9.69 Å². The molecule has 0 spiro atoms. The fraction of sp³-hybridized carbons (Fsp3) is 0.389. The number of nitrogens with zero attached hydrogens (tertiary/aromatic N) is 1. The van der Waals surface area contributed by atoms with Gasteiger partial charge in [0.05, 0.1) is 11.6 Å². The van der Waals surface area contributed by atoms with E-state index in [1.165, 1.54) is 17.7 Å². The standard InChI is InChI=1S/C18H22N2O2S/c1-13-6-7-14(16(21)11-13)18(22)19-12-15(17-5-4-10-23-17)20-8-2-3-9-20/h4-7,10-11,15,21H,2-3,8-9,12H2,1H3,(H,19,22). The number of carbonyl (C=O) groups excluding carboxylic acids is 1. The van der Waals surface area contributed by atoms with E-state index in [0.717, 1.165) is 18.7 Å². The second-order valence-corrected chi connectivity index (χ2v) is 6.98. The van der Waals surface area contributed by atoms with Crippen molar-refractivity contribution in [3.63, 3.8) is 0 Å². The van der Waals surface area contributed by atoms with Crippen LogP contribution in [0.3, 0.4) is 0 Å². The summed E-state index contributed by atoms with van der Waals surface area (Å²) in [5, 5.41) is 15.0. The predicted octanol–water partition coefficient (Wildman–Crippen LogP) is 3.33. The average molecular weight is 330 g/mol. The zero-order valence-electron chi connectivity index (χ0n) is 13.3. The highest BCUT2D eigenvalue weighted by Crippen LogP contribution is 2.28. The summed E-state index contributed by atoms with van der Waals surface area (Å²) >= 11 is 1.73. The van der Waals surface area contributed by atoms with Crippen LogP contribution in [0.2, 0.25) is 0 Å². The number of amides is 1. The number of nitrogens with one attached hydrogen (secondary N) is 1. The van der Waals surface area contributed by atoms with Crippen LogP contribution in [0.1, 0.15) is 39.7 Å². The number of aromatic hydroxyl groups is 1. The Hall–Kier alpha value is -1.85. The molecule has 0 saturated carbocycles. The molecule has 1 aromatic carbocycles. The molecule has 2 N–H and O–H groups in total. The van der Waals surface area contributed by atoms with Gasteiger partial charge in [0.15, 0.2) is 0 Å². The van der Waals surface area contributed by atoms with E-state index in [9.17, 15) is 9.90 Å². The Morgan fingerprint density at radius 3 is 2.78 bits per heavy atom. The van der Waals surface area contributed by atoms with Crippen LogP contribution in [-0.2, 0) is 0 Å². The van der Waals surface area contributed by atoms with Crippen molar-refractivity contribution < 1.29 is 9.90 Å². The number of phenols is 1. The lowest BCUT2D eigenvalue weighted by Crippen LogP contribution is -2.36. The van der Waals surface area contributed by atoms with E-state index >= 15 is 0 Å². The van der Waals surface area contributed by atoms with E-state index in [2.05, 4.69) is 27.7 Å². The second kappa shape index (κ2) is 7.15. The lowest BCUT2D eigenvalue weighted by molar-refractivity contribution is 0.0936. The molecule has 1 atom stereocenters. The summed E-state index contributed by atoms with van der Waals surface area (Å²) in [7, 11) is 0. The third-order valence-corrected chi connectivity index (χ3v) is 5.28. The highest BCUT2D eigenvalue weighted by molar-refractivity contribution is 7.10. The molecule has 1 aromatic heterocycles. The molecule has 122 valence electrons. The van der Waals surface area contributed by atoms with Gasteiger partial charge in [-0.15, -0.1) is 11.3 Å². The van der Waals surface area contributed by atoms with Crippen LogP contribution in [0.25, 0.3) is 0 Å². The van der Waals surface area contributed by atoms with Crippen molar-refractivity contribution in [3.8, 4) is 5.75 Å². The van der Waals surface area contributed by atoms with Crippen molar-refractivity contribution in [2.75, 3.05) is 19.6 Å². The van der Waals surface area contributed by atoms with E-state index in [1.54, 1.807) is 23.5 Å². The van der Waals surface area contributed by atoms with Gasteiger partial charge in [-0.25, -0.2) is 0 Å². The van der Waals surface area contributed by atoms with Gasteiger partial charge in [-0.2, -0.15) is 0 Å². The van der Waals surface area contributed by atoms with Gasteiger partial charge in [0.1, 0.15) is 5.75 Å². The summed E-state index contributed by atoms with van der Waals surface area (Å²) in [6, 6.07) is 9.53. The van der Waals surface area contributed by atoms with Crippen molar-refractivity contribution in [1.82, 2.24) is 10.2 Å². The van der Waals surface area contributed by atoms with Gasteiger partial charge in [0.2, 0.25) is 0 Å². The number of thiophene rings is 1. The molecule has 1 unspecified atom stereocenters. The topological polar surface area (TPSA) is 52.6 Å². The number of aryl methyl sites for hydroxylation is 1. The SMILES string of the molecule is Cc1ccc(C(=O)NCC(c2cccs2)N2CCCC2)c(O)c1. The molecule has 23 heavy (non-hydrogen) atoms. The number of hydrogen-bond donors (Lipinski definition) is 2. The Morgan fingerprint density at radius 1 is 1.35 bits per heavy atom. The zero-order valence-corrected chi connectivity index (χ0v) is 14.1.